The highest BCUT2D eigenvalue weighted by Crippen LogP contribution is 2.27. The van der Waals surface area contributed by atoms with Gasteiger partial charge in [0.15, 0.2) is 0 Å². The molecule has 0 amide bonds. The zero-order valence-corrected chi connectivity index (χ0v) is 13.5. The molecule has 1 atom stereocenters. The predicted molar refractivity (Wildman–Crippen MR) is 85.2 cm³/mol. The van der Waals surface area contributed by atoms with Gasteiger partial charge in [-0.2, -0.15) is 0 Å². The van der Waals surface area contributed by atoms with Crippen molar-refractivity contribution in [2.75, 3.05) is 6.54 Å². The molecule has 1 nitrogen and oxygen atoms in total. The molecule has 2 aromatic carbocycles. The van der Waals surface area contributed by atoms with Gasteiger partial charge in [0.05, 0.1) is 4.47 Å². The lowest BCUT2D eigenvalue weighted by molar-refractivity contribution is 0.495. The van der Waals surface area contributed by atoms with Gasteiger partial charge in [-0.3, -0.25) is 0 Å². The second-order valence-corrected chi connectivity index (χ2v) is 5.74. The van der Waals surface area contributed by atoms with Gasteiger partial charge in [0, 0.05) is 11.6 Å². The molecule has 2 aromatic rings. The normalized spacial score (nSPS) is 12.4. The molecule has 1 N–H and O–H groups in total. The average molecular weight is 354 g/mol. The van der Waals surface area contributed by atoms with Crippen molar-refractivity contribution in [1.82, 2.24) is 5.32 Å². The van der Waals surface area contributed by atoms with Crippen LogP contribution in [0.3, 0.4) is 0 Å². The fourth-order valence-electron chi connectivity index (χ4n) is 2.29. The maximum atomic E-state index is 14.0. The first-order chi connectivity index (χ1) is 10.1. The lowest BCUT2D eigenvalue weighted by Crippen LogP contribution is -2.25. The molecule has 0 bridgehead atoms. The van der Waals surface area contributed by atoms with Gasteiger partial charge in [-0.05, 0) is 53.0 Å². The highest BCUT2D eigenvalue weighted by atomic mass is 79.9. The van der Waals surface area contributed by atoms with E-state index in [4.69, 9.17) is 0 Å². The van der Waals surface area contributed by atoms with Gasteiger partial charge < -0.3 is 5.32 Å². The zero-order valence-electron chi connectivity index (χ0n) is 11.9. The van der Waals surface area contributed by atoms with Crippen molar-refractivity contribution in [3.05, 3.63) is 69.7 Å². The molecule has 0 radical (unpaired) electrons. The fourth-order valence-corrected chi connectivity index (χ4v) is 2.72. The molecule has 0 saturated carbocycles. The van der Waals surface area contributed by atoms with Gasteiger partial charge in [-0.1, -0.05) is 37.3 Å². The van der Waals surface area contributed by atoms with Crippen LogP contribution in [0.1, 0.15) is 30.5 Å². The quantitative estimate of drug-likeness (QED) is 0.769. The predicted octanol–water partition coefficient (Wildman–Crippen LogP) is 5.01. The Balaban J connectivity index is 2.28. The standard InChI is InChI=1S/C17H18BrF2N/c1-2-10-21-16(13-7-3-4-8-14(13)19)11-12-6-5-9-15(20)17(12)18/h3-9,16,21H,2,10-11H2,1H3. The number of benzene rings is 2. The third kappa shape index (κ3) is 4.11. The molecule has 0 aliphatic heterocycles. The van der Waals surface area contributed by atoms with E-state index in [1.165, 1.54) is 12.1 Å². The van der Waals surface area contributed by atoms with Crippen LogP contribution in [0.4, 0.5) is 8.78 Å². The monoisotopic (exact) mass is 353 g/mol. The number of halogens is 3. The molecule has 0 fully saturated rings. The Hall–Kier alpha value is -1.26. The van der Waals surface area contributed by atoms with Crippen molar-refractivity contribution >= 4 is 15.9 Å². The summed E-state index contributed by atoms with van der Waals surface area (Å²) < 4.78 is 28.1. The van der Waals surface area contributed by atoms with Gasteiger partial charge in [-0.25, -0.2) is 8.78 Å². The average Bonchev–Trinajstić information content (AvgIpc) is 2.48. The third-order valence-corrected chi connectivity index (χ3v) is 4.27. The van der Waals surface area contributed by atoms with Crippen LogP contribution in [0.2, 0.25) is 0 Å². The highest BCUT2D eigenvalue weighted by molar-refractivity contribution is 9.10. The van der Waals surface area contributed by atoms with E-state index in [0.29, 0.717) is 16.5 Å². The summed E-state index contributed by atoms with van der Waals surface area (Å²) in [7, 11) is 0. The lowest BCUT2D eigenvalue weighted by Gasteiger charge is -2.20. The van der Waals surface area contributed by atoms with Crippen molar-refractivity contribution in [3.8, 4) is 0 Å². The molecule has 0 saturated heterocycles. The first kappa shape index (κ1) is 16.1. The van der Waals surface area contributed by atoms with Crippen LogP contribution >= 0.6 is 15.9 Å². The van der Waals surface area contributed by atoms with Crippen LogP contribution in [0, 0.1) is 11.6 Å². The first-order valence-corrected chi connectivity index (χ1v) is 7.83. The van der Waals surface area contributed by atoms with E-state index in [2.05, 4.69) is 28.2 Å². The molecule has 0 heterocycles. The topological polar surface area (TPSA) is 12.0 Å². The molecule has 0 aromatic heterocycles. The Morgan fingerprint density at radius 1 is 1.05 bits per heavy atom. The van der Waals surface area contributed by atoms with Crippen molar-refractivity contribution in [1.29, 1.82) is 0 Å². The maximum absolute atomic E-state index is 14.0. The van der Waals surface area contributed by atoms with E-state index in [0.717, 1.165) is 18.5 Å². The van der Waals surface area contributed by atoms with E-state index in [-0.39, 0.29) is 17.7 Å². The van der Waals surface area contributed by atoms with Crippen molar-refractivity contribution in [2.24, 2.45) is 0 Å². The highest BCUT2D eigenvalue weighted by Gasteiger charge is 2.17. The summed E-state index contributed by atoms with van der Waals surface area (Å²) in [5, 5.41) is 3.34. The second-order valence-electron chi connectivity index (χ2n) is 4.95. The molecule has 1 unspecified atom stereocenters. The smallest absolute Gasteiger partial charge is 0.137 e. The van der Waals surface area contributed by atoms with Crippen LogP contribution in [0.5, 0.6) is 0 Å². The fraction of sp³-hybridized carbons (Fsp3) is 0.294. The Bertz CT molecular complexity index is 601. The molecule has 21 heavy (non-hydrogen) atoms. The maximum Gasteiger partial charge on any atom is 0.137 e. The molecule has 0 spiro atoms. The summed E-state index contributed by atoms with van der Waals surface area (Å²) in [6.07, 6.45) is 1.48. The van der Waals surface area contributed by atoms with Crippen LogP contribution < -0.4 is 5.32 Å². The van der Waals surface area contributed by atoms with Gasteiger partial charge in [0.25, 0.3) is 0 Å². The SMILES string of the molecule is CCCNC(Cc1cccc(F)c1Br)c1ccccc1F. The number of hydrogen-bond acceptors (Lipinski definition) is 1. The van der Waals surface area contributed by atoms with Gasteiger partial charge in [0.2, 0.25) is 0 Å². The summed E-state index contributed by atoms with van der Waals surface area (Å²) >= 11 is 3.27. The zero-order chi connectivity index (χ0) is 15.2. The van der Waals surface area contributed by atoms with Crippen LogP contribution in [0.25, 0.3) is 0 Å². The lowest BCUT2D eigenvalue weighted by atomic mass is 9.98. The Labute approximate surface area is 132 Å². The molecule has 4 heteroatoms. The number of hydrogen-bond donors (Lipinski definition) is 1. The largest absolute Gasteiger partial charge is 0.310 e. The molecule has 0 aliphatic rings. The van der Waals surface area contributed by atoms with Gasteiger partial charge in [-0.15, -0.1) is 0 Å². The minimum Gasteiger partial charge on any atom is -0.310 e. The Kier molecular flexibility index (Phi) is 5.88. The van der Waals surface area contributed by atoms with E-state index in [1.54, 1.807) is 18.2 Å². The summed E-state index contributed by atoms with van der Waals surface area (Å²) in [5.41, 5.74) is 1.44. The van der Waals surface area contributed by atoms with E-state index in [1.807, 2.05) is 12.1 Å². The molecule has 2 rings (SSSR count). The molecule has 112 valence electrons. The van der Waals surface area contributed by atoms with E-state index < -0.39 is 0 Å². The van der Waals surface area contributed by atoms with Gasteiger partial charge >= 0.3 is 0 Å². The summed E-state index contributed by atoms with van der Waals surface area (Å²) in [6.45, 7) is 2.84. The minimum atomic E-state index is -0.296. The molecule has 0 aliphatic carbocycles. The summed E-state index contributed by atoms with van der Waals surface area (Å²) in [5.74, 6) is -0.533. The van der Waals surface area contributed by atoms with E-state index in [9.17, 15) is 8.78 Å². The molecular formula is C17H18BrF2N. The number of nitrogens with one attached hydrogen (secondary N) is 1. The Morgan fingerprint density at radius 3 is 2.48 bits per heavy atom. The van der Waals surface area contributed by atoms with Crippen LogP contribution in [-0.2, 0) is 6.42 Å². The first-order valence-electron chi connectivity index (χ1n) is 7.04. The van der Waals surface area contributed by atoms with E-state index >= 15 is 0 Å². The van der Waals surface area contributed by atoms with Crippen LogP contribution in [0.15, 0.2) is 46.9 Å². The van der Waals surface area contributed by atoms with Crippen molar-refractivity contribution < 1.29 is 8.78 Å². The summed E-state index contributed by atoms with van der Waals surface area (Å²) in [4.78, 5) is 0. The third-order valence-electron chi connectivity index (χ3n) is 3.38. The van der Waals surface area contributed by atoms with Crippen molar-refractivity contribution in [2.45, 2.75) is 25.8 Å². The van der Waals surface area contributed by atoms with Gasteiger partial charge in [0.1, 0.15) is 11.6 Å². The Morgan fingerprint density at radius 2 is 1.76 bits per heavy atom. The second kappa shape index (κ2) is 7.66. The minimum absolute atomic E-state index is 0.177. The molecular weight excluding hydrogens is 336 g/mol. The van der Waals surface area contributed by atoms with Crippen molar-refractivity contribution in [3.63, 3.8) is 0 Å². The summed E-state index contributed by atoms with van der Waals surface area (Å²) in [6, 6.07) is 11.5. The van der Waals surface area contributed by atoms with Crippen LogP contribution in [-0.4, -0.2) is 6.54 Å². The number of rotatable bonds is 6.